The van der Waals surface area contributed by atoms with E-state index in [0.717, 1.165) is 16.0 Å². The van der Waals surface area contributed by atoms with Crippen molar-refractivity contribution in [2.24, 2.45) is 0 Å². The summed E-state index contributed by atoms with van der Waals surface area (Å²) in [6.45, 7) is 4.05. The Labute approximate surface area is 106 Å². The molecular weight excluding hydrogens is 228 g/mol. The van der Waals surface area contributed by atoms with Crippen molar-refractivity contribution in [3.8, 4) is 0 Å². The van der Waals surface area contributed by atoms with Gasteiger partial charge in [0.25, 0.3) is 0 Å². The molecular formula is C15H16OS. The van der Waals surface area contributed by atoms with Gasteiger partial charge in [-0.05, 0) is 42.0 Å². The van der Waals surface area contributed by atoms with Crippen molar-refractivity contribution in [3.05, 3.63) is 63.9 Å². The maximum atomic E-state index is 10.3. The molecule has 1 heterocycles. The molecule has 2 aromatic rings. The molecule has 0 bridgehead atoms. The van der Waals surface area contributed by atoms with Crippen molar-refractivity contribution in [2.75, 3.05) is 0 Å². The van der Waals surface area contributed by atoms with Crippen LogP contribution in [0.5, 0.6) is 0 Å². The van der Waals surface area contributed by atoms with E-state index >= 15 is 0 Å². The molecule has 0 saturated carbocycles. The number of hydrogen-bond donors (Lipinski definition) is 1. The van der Waals surface area contributed by atoms with Crippen molar-refractivity contribution in [1.82, 2.24) is 0 Å². The summed E-state index contributed by atoms with van der Waals surface area (Å²) in [5, 5.41) is 12.3. The number of rotatable bonds is 3. The average Bonchev–Trinajstić information content (AvgIpc) is 2.91. The van der Waals surface area contributed by atoms with E-state index in [4.69, 9.17) is 0 Å². The normalized spacial score (nSPS) is 14.3. The first-order chi connectivity index (χ1) is 8.20. The standard InChI is InChI=1S/C15H16OS/c1-11(13-7-4-3-5-8-13)12(2)15(16)14-9-6-10-17-14/h3-10,15-16H,1-2H3/b12-11+/t15-/m0/s1. The number of thiophene rings is 1. The molecule has 17 heavy (non-hydrogen) atoms. The zero-order chi connectivity index (χ0) is 12.3. The fraction of sp³-hybridized carbons (Fsp3) is 0.200. The molecule has 1 aromatic heterocycles. The van der Waals surface area contributed by atoms with E-state index in [9.17, 15) is 5.11 Å². The number of allylic oxidation sites excluding steroid dienone is 1. The molecule has 1 nitrogen and oxygen atoms in total. The molecule has 0 unspecified atom stereocenters. The van der Waals surface area contributed by atoms with Gasteiger partial charge in [0.1, 0.15) is 6.10 Å². The number of benzene rings is 1. The van der Waals surface area contributed by atoms with Crippen molar-refractivity contribution < 1.29 is 5.11 Å². The molecule has 88 valence electrons. The Balaban J connectivity index is 2.32. The molecule has 2 rings (SSSR count). The lowest BCUT2D eigenvalue weighted by molar-refractivity contribution is 0.220. The Morgan fingerprint density at radius 3 is 2.35 bits per heavy atom. The largest absolute Gasteiger partial charge is 0.383 e. The lowest BCUT2D eigenvalue weighted by Gasteiger charge is -2.13. The van der Waals surface area contributed by atoms with E-state index < -0.39 is 6.10 Å². The third kappa shape index (κ3) is 2.65. The predicted octanol–water partition coefficient (Wildman–Crippen LogP) is 4.28. The Kier molecular flexibility index (Phi) is 3.77. The van der Waals surface area contributed by atoms with Crippen LogP contribution in [-0.2, 0) is 0 Å². The summed E-state index contributed by atoms with van der Waals surface area (Å²) in [5.74, 6) is 0. The second kappa shape index (κ2) is 5.30. The Morgan fingerprint density at radius 2 is 1.76 bits per heavy atom. The first-order valence-electron chi connectivity index (χ1n) is 5.64. The fourth-order valence-electron chi connectivity index (χ4n) is 1.78. The second-order valence-corrected chi connectivity index (χ2v) is 5.07. The number of hydrogen-bond acceptors (Lipinski definition) is 2. The minimum absolute atomic E-state index is 0.491. The molecule has 0 aliphatic rings. The van der Waals surface area contributed by atoms with Gasteiger partial charge in [0.15, 0.2) is 0 Å². The van der Waals surface area contributed by atoms with Gasteiger partial charge in [0.2, 0.25) is 0 Å². The third-order valence-electron chi connectivity index (χ3n) is 3.02. The van der Waals surface area contributed by atoms with Crippen LogP contribution in [0.3, 0.4) is 0 Å². The quantitative estimate of drug-likeness (QED) is 0.854. The van der Waals surface area contributed by atoms with E-state index in [1.165, 1.54) is 5.56 Å². The molecule has 0 aliphatic carbocycles. The Bertz CT molecular complexity index is 497. The monoisotopic (exact) mass is 244 g/mol. The molecule has 0 amide bonds. The highest BCUT2D eigenvalue weighted by Gasteiger charge is 2.13. The van der Waals surface area contributed by atoms with Gasteiger partial charge in [0, 0.05) is 4.88 Å². The maximum Gasteiger partial charge on any atom is 0.110 e. The van der Waals surface area contributed by atoms with Crippen molar-refractivity contribution in [3.63, 3.8) is 0 Å². The van der Waals surface area contributed by atoms with Crippen LogP contribution >= 0.6 is 11.3 Å². The molecule has 0 radical (unpaired) electrons. The highest BCUT2D eigenvalue weighted by molar-refractivity contribution is 7.10. The molecule has 0 fully saturated rings. The van der Waals surface area contributed by atoms with E-state index in [2.05, 4.69) is 19.1 Å². The Hall–Kier alpha value is -1.38. The van der Waals surface area contributed by atoms with Gasteiger partial charge < -0.3 is 5.11 Å². The first-order valence-corrected chi connectivity index (χ1v) is 6.52. The SMILES string of the molecule is C/C(=C(/C)[C@H](O)c1cccs1)c1ccccc1. The number of aliphatic hydroxyl groups is 1. The lowest BCUT2D eigenvalue weighted by atomic mass is 9.98. The van der Waals surface area contributed by atoms with Crippen LogP contribution in [0.4, 0.5) is 0 Å². The fourth-order valence-corrected chi connectivity index (χ4v) is 2.56. The van der Waals surface area contributed by atoms with Crippen LogP contribution in [0.2, 0.25) is 0 Å². The second-order valence-electron chi connectivity index (χ2n) is 4.09. The molecule has 0 spiro atoms. The Morgan fingerprint density at radius 1 is 1.06 bits per heavy atom. The molecule has 2 heteroatoms. The average molecular weight is 244 g/mol. The van der Waals surface area contributed by atoms with Crippen LogP contribution in [0, 0.1) is 0 Å². The van der Waals surface area contributed by atoms with Gasteiger partial charge in [-0.15, -0.1) is 11.3 Å². The molecule has 1 aromatic carbocycles. The summed E-state index contributed by atoms with van der Waals surface area (Å²) in [6, 6.07) is 14.1. The maximum absolute atomic E-state index is 10.3. The lowest BCUT2D eigenvalue weighted by Crippen LogP contribution is -1.98. The van der Waals surface area contributed by atoms with Crippen LogP contribution in [0.15, 0.2) is 53.4 Å². The molecule has 0 saturated heterocycles. The highest BCUT2D eigenvalue weighted by atomic mass is 32.1. The van der Waals surface area contributed by atoms with E-state index in [-0.39, 0.29) is 0 Å². The topological polar surface area (TPSA) is 20.2 Å². The van der Waals surface area contributed by atoms with E-state index in [1.807, 2.05) is 42.6 Å². The smallest absolute Gasteiger partial charge is 0.110 e. The van der Waals surface area contributed by atoms with Crippen molar-refractivity contribution in [1.29, 1.82) is 0 Å². The van der Waals surface area contributed by atoms with Gasteiger partial charge in [-0.1, -0.05) is 36.4 Å². The number of aliphatic hydroxyl groups excluding tert-OH is 1. The summed E-state index contributed by atoms with van der Waals surface area (Å²) in [4.78, 5) is 0.998. The molecule has 1 N–H and O–H groups in total. The van der Waals surface area contributed by atoms with Crippen LogP contribution in [0.25, 0.3) is 5.57 Å². The van der Waals surface area contributed by atoms with Gasteiger partial charge in [-0.3, -0.25) is 0 Å². The minimum atomic E-state index is -0.491. The first kappa shape index (κ1) is 12.1. The summed E-state index contributed by atoms with van der Waals surface area (Å²) in [6.07, 6.45) is -0.491. The van der Waals surface area contributed by atoms with Crippen molar-refractivity contribution >= 4 is 16.9 Å². The van der Waals surface area contributed by atoms with Crippen LogP contribution in [0.1, 0.15) is 30.4 Å². The van der Waals surface area contributed by atoms with Gasteiger partial charge >= 0.3 is 0 Å². The molecule has 1 atom stereocenters. The van der Waals surface area contributed by atoms with E-state index in [0.29, 0.717) is 0 Å². The van der Waals surface area contributed by atoms with Crippen LogP contribution in [-0.4, -0.2) is 5.11 Å². The summed E-state index contributed by atoms with van der Waals surface area (Å²) in [7, 11) is 0. The molecule has 0 aliphatic heterocycles. The van der Waals surface area contributed by atoms with E-state index in [1.54, 1.807) is 11.3 Å². The minimum Gasteiger partial charge on any atom is -0.383 e. The summed E-state index contributed by atoms with van der Waals surface area (Å²) >= 11 is 1.59. The van der Waals surface area contributed by atoms with Crippen LogP contribution < -0.4 is 0 Å². The zero-order valence-electron chi connectivity index (χ0n) is 10.1. The third-order valence-corrected chi connectivity index (χ3v) is 3.95. The summed E-state index contributed by atoms with van der Waals surface area (Å²) in [5.41, 5.74) is 3.32. The van der Waals surface area contributed by atoms with Gasteiger partial charge in [0.05, 0.1) is 0 Å². The van der Waals surface area contributed by atoms with Crippen molar-refractivity contribution in [2.45, 2.75) is 20.0 Å². The van der Waals surface area contributed by atoms with Gasteiger partial charge in [-0.25, -0.2) is 0 Å². The highest BCUT2D eigenvalue weighted by Crippen LogP contribution is 2.30. The van der Waals surface area contributed by atoms with Gasteiger partial charge in [-0.2, -0.15) is 0 Å². The zero-order valence-corrected chi connectivity index (χ0v) is 10.9. The predicted molar refractivity (Wildman–Crippen MR) is 74.0 cm³/mol. The summed E-state index contributed by atoms with van der Waals surface area (Å²) < 4.78 is 0.